The fraction of sp³-hybridized carbons (Fsp3) is 0.467. The van der Waals surface area contributed by atoms with Crippen LogP contribution < -0.4 is 9.62 Å². The van der Waals surface area contributed by atoms with E-state index in [1.807, 2.05) is 0 Å². The van der Waals surface area contributed by atoms with Crippen molar-refractivity contribution in [3.05, 3.63) is 23.8 Å². The van der Waals surface area contributed by atoms with Gasteiger partial charge in [0.25, 0.3) is 5.91 Å². The fourth-order valence-electron chi connectivity index (χ4n) is 3.07. The van der Waals surface area contributed by atoms with Gasteiger partial charge in [0, 0.05) is 12.2 Å². The Balaban J connectivity index is 1.80. The number of benzene rings is 1. The Morgan fingerprint density at radius 3 is 2.62 bits per heavy atom. The molecule has 0 spiro atoms. The smallest absolute Gasteiger partial charge is 0.332 e. The lowest BCUT2D eigenvalue weighted by Gasteiger charge is -2.21. The van der Waals surface area contributed by atoms with Crippen molar-refractivity contribution in [2.75, 3.05) is 18.5 Å². The van der Waals surface area contributed by atoms with E-state index >= 15 is 0 Å². The predicted octanol–water partition coefficient (Wildman–Crippen LogP) is 0.116. The van der Waals surface area contributed by atoms with Gasteiger partial charge in [-0.1, -0.05) is 0 Å². The lowest BCUT2D eigenvalue weighted by atomic mass is 10.1. The standard InChI is InChI=1S/C15H18N2O6S/c1-16-24(21,22)10-2-3-11-9(8-10)6-7-17(11)14(18)12-4-5-13(23-12)15(19)20/h2-3,8,12-13,16H,4-7H2,1H3,(H,19,20)/t12-,13+/m0/s1. The first-order chi connectivity index (χ1) is 11.3. The topological polar surface area (TPSA) is 113 Å². The number of ether oxygens (including phenoxy) is 1. The van der Waals surface area contributed by atoms with Crippen LogP contribution >= 0.6 is 0 Å². The van der Waals surface area contributed by atoms with Crippen molar-refractivity contribution in [2.24, 2.45) is 0 Å². The molecule has 3 rings (SSSR count). The molecule has 0 bridgehead atoms. The maximum absolute atomic E-state index is 12.6. The Morgan fingerprint density at radius 1 is 1.29 bits per heavy atom. The normalized spacial score (nSPS) is 23.3. The van der Waals surface area contributed by atoms with Crippen LogP contribution in [0.3, 0.4) is 0 Å². The summed E-state index contributed by atoms with van der Waals surface area (Å²) in [6, 6.07) is 4.61. The van der Waals surface area contributed by atoms with Crippen molar-refractivity contribution in [2.45, 2.75) is 36.4 Å². The van der Waals surface area contributed by atoms with Crippen molar-refractivity contribution in [3.8, 4) is 0 Å². The number of hydrogen-bond acceptors (Lipinski definition) is 5. The zero-order valence-electron chi connectivity index (χ0n) is 13.1. The van der Waals surface area contributed by atoms with Crippen LogP contribution in [-0.2, 0) is 30.8 Å². The number of sulfonamides is 1. The number of carbonyl (C=O) groups excluding carboxylic acids is 1. The van der Waals surface area contributed by atoms with Gasteiger partial charge in [-0.25, -0.2) is 17.9 Å². The molecule has 0 saturated carbocycles. The molecule has 0 unspecified atom stereocenters. The van der Waals surface area contributed by atoms with E-state index in [1.54, 1.807) is 17.0 Å². The molecule has 2 aliphatic rings. The SMILES string of the molecule is CNS(=O)(=O)c1ccc2c(c1)CCN2C(=O)[C@@H]1CC[C@H](C(=O)O)O1. The molecule has 1 fully saturated rings. The van der Waals surface area contributed by atoms with Gasteiger partial charge in [-0.2, -0.15) is 0 Å². The van der Waals surface area contributed by atoms with E-state index in [9.17, 15) is 18.0 Å². The molecular formula is C15H18N2O6S. The Bertz CT molecular complexity index is 791. The van der Waals surface area contributed by atoms with Crippen molar-refractivity contribution >= 4 is 27.6 Å². The third kappa shape index (κ3) is 2.90. The molecule has 1 aromatic rings. The van der Waals surface area contributed by atoms with E-state index in [0.29, 0.717) is 31.5 Å². The van der Waals surface area contributed by atoms with E-state index in [0.717, 1.165) is 5.56 Å². The van der Waals surface area contributed by atoms with Crippen LogP contribution in [0.1, 0.15) is 18.4 Å². The molecule has 0 aliphatic carbocycles. The summed E-state index contributed by atoms with van der Waals surface area (Å²) in [5.41, 5.74) is 1.42. The van der Waals surface area contributed by atoms with Gasteiger partial charge in [0.15, 0.2) is 6.10 Å². The zero-order valence-corrected chi connectivity index (χ0v) is 13.9. The zero-order chi connectivity index (χ0) is 17.5. The van der Waals surface area contributed by atoms with E-state index < -0.39 is 28.2 Å². The molecular weight excluding hydrogens is 336 g/mol. The largest absolute Gasteiger partial charge is 0.479 e. The summed E-state index contributed by atoms with van der Waals surface area (Å²) in [4.78, 5) is 25.2. The number of carbonyl (C=O) groups is 2. The number of anilines is 1. The molecule has 2 N–H and O–H groups in total. The number of hydrogen-bond donors (Lipinski definition) is 2. The van der Waals surface area contributed by atoms with Crippen LogP contribution in [-0.4, -0.2) is 51.2 Å². The van der Waals surface area contributed by atoms with Gasteiger partial charge >= 0.3 is 5.97 Å². The number of amides is 1. The highest BCUT2D eigenvalue weighted by Crippen LogP contribution is 2.32. The van der Waals surface area contributed by atoms with Gasteiger partial charge in [0.2, 0.25) is 10.0 Å². The third-order valence-electron chi connectivity index (χ3n) is 4.36. The van der Waals surface area contributed by atoms with Gasteiger partial charge < -0.3 is 14.7 Å². The van der Waals surface area contributed by atoms with Crippen LogP contribution in [0.25, 0.3) is 0 Å². The third-order valence-corrected chi connectivity index (χ3v) is 5.77. The van der Waals surface area contributed by atoms with Gasteiger partial charge in [-0.05, 0) is 50.1 Å². The maximum Gasteiger partial charge on any atom is 0.332 e. The van der Waals surface area contributed by atoms with Crippen LogP contribution in [0.5, 0.6) is 0 Å². The average molecular weight is 354 g/mol. The highest BCUT2D eigenvalue weighted by Gasteiger charge is 2.38. The molecule has 2 atom stereocenters. The highest BCUT2D eigenvalue weighted by molar-refractivity contribution is 7.89. The number of nitrogens with one attached hydrogen (secondary N) is 1. The number of rotatable bonds is 4. The summed E-state index contributed by atoms with van der Waals surface area (Å²) in [5.74, 6) is -1.34. The van der Waals surface area contributed by atoms with E-state index in [-0.39, 0.29) is 10.8 Å². The Labute approximate surface area is 139 Å². The van der Waals surface area contributed by atoms with E-state index in [4.69, 9.17) is 9.84 Å². The monoisotopic (exact) mass is 354 g/mol. The average Bonchev–Trinajstić information content (AvgIpc) is 3.20. The second-order valence-electron chi connectivity index (χ2n) is 5.77. The van der Waals surface area contributed by atoms with Gasteiger partial charge in [0.05, 0.1) is 4.90 Å². The molecule has 1 amide bonds. The first-order valence-corrected chi connectivity index (χ1v) is 9.08. The molecule has 0 aromatic heterocycles. The van der Waals surface area contributed by atoms with Crippen LogP contribution in [0.2, 0.25) is 0 Å². The van der Waals surface area contributed by atoms with Crippen LogP contribution in [0.4, 0.5) is 5.69 Å². The second kappa shape index (κ2) is 6.15. The Kier molecular flexibility index (Phi) is 4.33. The van der Waals surface area contributed by atoms with Gasteiger partial charge in [0.1, 0.15) is 6.10 Å². The molecule has 2 aliphatic heterocycles. The van der Waals surface area contributed by atoms with Crippen molar-refractivity contribution < 1.29 is 27.9 Å². The number of aliphatic carboxylic acids is 1. The first kappa shape index (κ1) is 16.9. The Morgan fingerprint density at radius 2 is 2.00 bits per heavy atom. The minimum absolute atomic E-state index is 0.154. The molecule has 9 heteroatoms. The summed E-state index contributed by atoms with van der Waals surface area (Å²) < 4.78 is 31.3. The van der Waals surface area contributed by atoms with Crippen LogP contribution in [0, 0.1) is 0 Å². The predicted molar refractivity (Wildman–Crippen MR) is 84.3 cm³/mol. The highest BCUT2D eigenvalue weighted by atomic mass is 32.2. The van der Waals surface area contributed by atoms with E-state index in [2.05, 4.69) is 4.72 Å². The summed E-state index contributed by atoms with van der Waals surface area (Å²) in [7, 11) is -2.19. The molecule has 0 radical (unpaired) electrons. The molecule has 8 nitrogen and oxygen atoms in total. The van der Waals surface area contributed by atoms with Gasteiger partial charge in [-0.15, -0.1) is 0 Å². The quantitative estimate of drug-likeness (QED) is 0.794. The minimum Gasteiger partial charge on any atom is -0.479 e. The molecule has 24 heavy (non-hydrogen) atoms. The van der Waals surface area contributed by atoms with Crippen LogP contribution in [0.15, 0.2) is 23.1 Å². The van der Waals surface area contributed by atoms with Crippen molar-refractivity contribution in [3.63, 3.8) is 0 Å². The number of fused-ring (bicyclic) bond motifs is 1. The van der Waals surface area contributed by atoms with Crippen molar-refractivity contribution in [1.82, 2.24) is 4.72 Å². The lowest BCUT2D eigenvalue weighted by molar-refractivity contribution is -0.151. The van der Waals surface area contributed by atoms with Crippen molar-refractivity contribution in [1.29, 1.82) is 0 Å². The fourth-order valence-corrected chi connectivity index (χ4v) is 3.85. The number of carboxylic acids is 1. The summed E-state index contributed by atoms with van der Waals surface area (Å²) >= 11 is 0. The lowest BCUT2D eigenvalue weighted by Crippen LogP contribution is -2.38. The molecule has 130 valence electrons. The first-order valence-electron chi connectivity index (χ1n) is 7.59. The number of nitrogens with zero attached hydrogens (tertiary/aromatic N) is 1. The molecule has 1 saturated heterocycles. The number of carboxylic acid groups (broad SMARTS) is 1. The molecule has 2 heterocycles. The molecule has 1 aromatic carbocycles. The summed E-state index contributed by atoms with van der Waals surface area (Å²) in [6.07, 6.45) is -0.481. The minimum atomic E-state index is -3.53. The van der Waals surface area contributed by atoms with E-state index in [1.165, 1.54) is 13.1 Å². The summed E-state index contributed by atoms with van der Waals surface area (Å²) in [5, 5.41) is 8.95. The van der Waals surface area contributed by atoms with Gasteiger partial charge in [-0.3, -0.25) is 4.79 Å². The Hall–Kier alpha value is -1.97. The summed E-state index contributed by atoms with van der Waals surface area (Å²) in [6.45, 7) is 0.425. The maximum atomic E-state index is 12.6. The second-order valence-corrected chi connectivity index (χ2v) is 7.65.